The van der Waals surface area contributed by atoms with Crippen LogP contribution in [-0.2, 0) is 0 Å². The highest BCUT2D eigenvalue weighted by Gasteiger charge is 2.28. The molecule has 0 radical (unpaired) electrons. The maximum absolute atomic E-state index is 12.3. The number of halogens is 2. The van der Waals surface area contributed by atoms with E-state index in [-0.39, 0.29) is 24.4 Å². The molecule has 1 amide bonds. The molecule has 2 rings (SSSR count). The predicted molar refractivity (Wildman–Crippen MR) is 79.5 cm³/mol. The number of carbonyl (C=O) groups is 1. The van der Waals surface area contributed by atoms with Crippen molar-refractivity contribution in [2.24, 2.45) is 5.73 Å². The summed E-state index contributed by atoms with van der Waals surface area (Å²) in [4.78, 5) is 14.2. The summed E-state index contributed by atoms with van der Waals surface area (Å²) < 4.78 is 1.01. The summed E-state index contributed by atoms with van der Waals surface area (Å²) in [6.45, 7) is 1.40. The molecule has 2 N–H and O–H groups in total. The molecule has 1 heterocycles. The van der Waals surface area contributed by atoms with E-state index < -0.39 is 0 Å². The maximum Gasteiger partial charge on any atom is 0.255 e. The van der Waals surface area contributed by atoms with Gasteiger partial charge in [-0.2, -0.15) is 0 Å². The first-order valence-electron chi connectivity index (χ1n) is 5.49. The predicted octanol–water partition coefficient (Wildman–Crippen LogP) is 2.28. The molecular formula is C12H16ClIN2O. The zero-order valence-electron chi connectivity index (χ0n) is 9.43. The van der Waals surface area contributed by atoms with Crippen molar-refractivity contribution in [3.8, 4) is 0 Å². The van der Waals surface area contributed by atoms with Crippen molar-refractivity contribution >= 4 is 40.9 Å². The van der Waals surface area contributed by atoms with E-state index in [1.807, 2.05) is 29.2 Å². The van der Waals surface area contributed by atoms with E-state index >= 15 is 0 Å². The van der Waals surface area contributed by atoms with E-state index in [4.69, 9.17) is 5.73 Å². The van der Waals surface area contributed by atoms with Crippen LogP contribution in [0.15, 0.2) is 24.3 Å². The fourth-order valence-electron chi connectivity index (χ4n) is 2.14. The number of hydrogen-bond donors (Lipinski definition) is 1. The molecule has 94 valence electrons. The first-order valence-corrected chi connectivity index (χ1v) is 6.57. The van der Waals surface area contributed by atoms with Crippen molar-refractivity contribution in [3.05, 3.63) is 33.4 Å². The second-order valence-corrected chi connectivity index (χ2v) is 5.17. The highest BCUT2D eigenvalue weighted by atomic mass is 127. The summed E-state index contributed by atoms with van der Waals surface area (Å²) in [7, 11) is 0. The molecule has 0 bridgehead atoms. The second kappa shape index (κ2) is 6.56. The molecule has 1 atom stereocenters. The van der Waals surface area contributed by atoms with Gasteiger partial charge in [-0.1, -0.05) is 12.1 Å². The lowest BCUT2D eigenvalue weighted by Gasteiger charge is -2.23. The van der Waals surface area contributed by atoms with Crippen LogP contribution in [0.1, 0.15) is 23.2 Å². The average Bonchev–Trinajstić information content (AvgIpc) is 2.77. The Hall–Kier alpha value is -0.330. The molecule has 0 aromatic heterocycles. The van der Waals surface area contributed by atoms with Crippen molar-refractivity contribution in [1.82, 2.24) is 4.90 Å². The van der Waals surface area contributed by atoms with Gasteiger partial charge in [0.05, 0.1) is 5.56 Å². The van der Waals surface area contributed by atoms with Crippen molar-refractivity contribution in [2.45, 2.75) is 18.9 Å². The minimum atomic E-state index is 0. The van der Waals surface area contributed by atoms with Crippen LogP contribution in [0.4, 0.5) is 0 Å². The third-order valence-corrected chi connectivity index (χ3v) is 3.96. The molecule has 0 spiro atoms. The van der Waals surface area contributed by atoms with Crippen LogP contribution in [0.3, 0.4) is 0 Å². The molecule has 5 heteroatoms. The minimum absolute atomic E-state index is 0. The fraction of sp³-hybridized carbons (Fsp3) is 0.417. The Balaban J connectivity index is 0.00000144. The summed E-state index contributed by atoms with van der Waals surface area (Å²) in [5, 5.41) is 0. The Morgan fingerprint density at radius 2 is 2.18 bits per heavy atom. The van der Waals surface area contributed by atoms with Crippen LogP contribution in [-0.4, -0.2) is 29.9 Å². The molecule has 3 nitrogen and oxygen atoms in total. The minimum Gasteiger partial charge on any atom is -0.334 e. The fourth-order valence-corrected chi connectivity index (χ4v) is 2.76. The van der Waals surface area contributed by atoms with E-state index in [0.29, 0.717) is 6.54 Å². The van der Waals surface area contributed by atoms with Gasteiger partial charge in [-0.25, -0.2) is 0 Å². The molecule has 1 saturated heterocycles. The first-order chi connectivity index (χ1) is 7.74. The Morgan fingerprint density at radius 3 is 2.82 bits per heavy atom. The topological polar surface area (TPSA) is 46.3 Å². The molecule has 0 aliphatic carbocycles. The smallest absolute Gasteiger partial charge is 0.255 e. The van der Waals surface area contributed by atoms with Crippen molar-refractivity contribution in [1.29, 1.82) is 0 Å². The monoisotopic (exact) mass is 366 g/mol. The number of nitrogens with zero attached hydrogens (tertiary/aromatic N) is 1. The molecular weight excluding hydrogens is 351 g/mol. The van der Waals surface area contributed by atoms with Crippen LogP contribution in [0.2, 0.25) is 0 Å². The molecule has 17 heavy (non-hydrogen) atoms. The number of likely N-dealkylation sites (tertiary alicyclic amines) is 1. The lowest BCUT2D eigenvalue weighted by Crippen LogP contribution is -2.40. The van der Waals surface area contributed by atoms with Gasteiger partial charge < -0.3 is 10.6 Å². The zero-order valence-corrected chi connectivity index (χ0v) is 12.4. The summed E-state index contributed by atoms with van der Waals surface area (Å²) in [6.07, 6.45) is 2.10. The average molecular weight is 367 g/mol. The standard InChI is InChI=1S/C12H15IN2O.ClH/c13-11-6-2-1-5-10(11)12(16)15-7-3-4-9(15)8-14;/h1-2,5-6,9H,3-4,7-8,14H2;1H. The van der Waals surface area contributed by atoms with Gasteiger partial charge in [0.15, 0.2) is 0 Å². The van der Waals surface area contributed by atoms with Crippen LogP contribution < -0.4 is 5.73 Å². The van der Waals surface area contributed by atoms with Gasteiger partial charge in [-0.3, -0.25) is 4.79 Å². The largest absolute Gasteiger partial charge is 0.334 e. The van der Waals surface area contributed by atoms with Crippen LogP contribution in [0, 0.1) is 3.57 Å². The van der Waals surface area contributed by atoms with Crippen molar-refractivity contribution in [2.75, 3.05) is 13.1 Å². The quantitative estimate of drug-likeness (QED) is 0.816. The zero-order chi connectivity index (χ0) is 11.5. The Kier molecular flexibility index (Phi) is 5.69. The Labute approximate surface area is 121 Å². The van der Waals surface area contributed by atoms with E-state index in [1.54, 1.807) is 0 Å². The first kappa shape index (κ1) is 14.7. The molecule has 1 fully saturated rings. The highest BCUT2D eigenvalue weighted by Crippen LogP contribution is 2.21. The summed E-state index contributed by atoms with van der Waals surface area (Å²) in [5.41, 5.74) is 6.48. The molecule has 1 aliphatic rings. The van der Waals surface area contributed by atoms with E-state index in [9.17, 15) is 4.79 Å². The molecule has 1 unspecified atom stereocenters. The number of rotatable bonds is 2. The molecule has 1 aliphatic heterocycles. The van der Waals surface area contributed by atoms with Gasteiger partial charge in [0.2, 0.25) is 0 Å². The van der Waals surface area contributed by atoms with Crippen LogP contribution in [0.5, 0.6) is 0 Å². The van der Waals surface area contributed by atoms with Crippen molar-refractivity contribution < 1.29 is 4.79 Å². The number of hydrogen-bond acceptors (Lipinski definition) is 2. The van der Waals surface area contributed by atoms with Gasteiger partial charge >= 0.3 is 0 Å². The van der Waals surface area contributed by atoms with E-state index in [1.165, 1.54) is 0 Å². The number of carbonyl (C=O) groups excluding carboxylic acids is 1. The van der Waals surface area contributed by atoms with E-state index in [2.05, 4.69) is 22.6 Å². The van der Waals surface area contributed by atoms with Gasteiger partial charge in [0, 0.05) is 22.7 Å². The molecule has 1 aromatic rings. The lowest BCUT2D eigenvalue weighted by atomic mass is 10.1. The van der Waals surface area contributed by atoms with Crippen LogP contribution >= 0.6 is 35.0 Å². The van der Waals surface area contributed by atoms with E-state index in [0.717, 1.165) is 28.5 Å². The molecule has 0 saturated carbocycles. The second-order valence-electron chi connectivity index (χ2n) is 4.01. The highest BCUT2D eigenvalue weighted by molar-refractivity contribution is 14.1. The molecule has 1 aromatic carbocycles. The van der Waals surface area contributed by atoms with Crippen LogP contribution in [0.25, 0.3) is 0 Å². The van der Waals surface area contributed by atoms with Crippen molar-refractivity contribution in [3.63, 3.8) is 0 Å². The number of benzene rings is 1. The lowest BCUT2D eigenvalue weighted by molar-refractivity contribution is 0.0740. The SMILES string of the molecule is Cl.NCC1CCCN1C(=O)c1ccccc1I. The Morgan fingerprint density at radius 1 is 1.47 bits per heavy atom. The maximum atomic E-state index is 12.3. The van der Waals surface area contributed by atoms with Gasteiger partial charge in [-0.05, 0) is 47.6 Å². The number of nitrogens with two attached hydrogens (primary N) is 1. The van der Waals surface area contributed by atoms with Gasteiger partial charge in [-0.15, -0.1) is 12.4 Å². The third-order valence-electron chi connectivity index (χ3n) is 3.01. The summed E-state index contributed by atoms with van der Waals surface area (Å²) >= 11 is 2.20. The normalized spacial score (nSPS) is 18.9. The van der Waals surface area contributed by atoms with Gasteiger partial charge in [0.1, 0.15) is 0 Å². The van der Waals surface area contributed by atoms with Gasteiger partial charge in [0.25, 0.3) is 5.91 Å². The third kappa shape index (κ3) is 3.11. The summed E-state index contributed by atoms with van der Waals surface area (Å²) in [5.74, 6) is 0.123. The number of amides is 1. The Bertz CT molecular complexity index is 400. The summed E-state index contributed by atoms with van der Waals surface area (Å²) in [6, 6.07) is 7.92.